The summed E-state index contributed by atoms with van der Waals surface area (Å²) in [4.78, 5) is 28.2. The number of carbonyl (C=O) groups excluding carboxylic acids is 2. The Bertz CT molecular complexity index is 586. The number of carbonyl (C=O) groups is 2. The van der Waals surface area contributed by atoms with E-state index in [1.165, 1.54) is 0 Å². The van der Waals surface area contributed by atoms with Crippen LogP contribution >= 0.6 is 0 Å². The maximum absolute atomic E-state index is 12.2. The Morgan fingerprint density at radius 2 is 2.04 bits per heavy atom. The number of nitrogens with one attached hydrogen (secondary N) is 1. The highest BCUT2D eigenvalue weighted by molar-refractivity contribution is 5.91. The Morgan fingerprint density at radius 3 is 2.74 bits per heavy atom. The average molecular weight is 320 g/mol. The molecule has 2 fully saturated rings. The van der Waals surface area contributed by atoms with Gasteiger partial charge in [-0.3, -0.25) is 19.8 Å². The number of anilines is 1. The molecule has 0 spiro atoms. The van der Waals surface area contributed by atoms with E-state index in [2.05, 4.69) is 15.4 Å². The molecule has 2 unspecified atom stereocenters. The summed E-state index contributed by atoms with van der Waals surface area (Å²) in [5, 5.41) is 6.51. The van der Waals surface area contributed by atoms with Gasteiger partial charge in [-0.15, -0.1) is 0 Å². The topological polar surface area (TPSA) is 78.7 Å². The van der Waals surface area contributed by atoms with Crippen molar-refractivity contribution in [3.05, 3.63) is 11.8 Å². The van der Waals surface area contributed by atoms with Crippen LogP contribution < -0.4 is 5.32 Å². The van der Waals surface area contributed by atoms with E-state index in [1.807, 2.05) is 11.8 Å². The molecular formula is C16H24N4O3. The second kappa shape index (κ2) is 6.70. The lowest BCUT2D eigenvalue weighted by Gasteiger charge is -2.34. The molecule has 3 heterocycles. The largest absolute Gasteiger partial charge is 0.338 e. The van der Waals surface area contributed by atoms with Crippen LogP contribution in [0.25, 0.3) is 0 Å². The predicted molar refractivity (Wildman–Crippen MR) is 84.9 cm³/mol. The first-order valence-corrected chi connectivity index (χ1v) is 8.29. The fourth-order valence-corrected chi connectivity index (χ4v) is 3.85. The molecule has 0 aliphatic carbocycles. The molecule has 126 valence electrons. The molecule has 2 aliphatic heterocycles. The summed E-state index contributed by atoms with van der Waals surface area (Å²) in [7, 11) is 0. The van der Waals surface area contributed by atoms with Crippen LogP contribution in [0.15, 0.2) is 10.6 Å². The number of nitrogens with zero attached hydrogens (tertiary/aromatic N) is 3. The van der Waals surface area contributed by atoms with Crippen molar-refractivity contribution in [3.8, 4) is 0 Å². The van der Waals surface area contributed by atoms with Crippen LogP contribution in [-0.2, 0) is 9.59 Å². The van der Waals surface area contributed by atoms with E-state index in [9.17, 15) is 9.59 Å². The molecular weight excluding hydrogens is 296 g/mol. The van der Waals surface area contributed by atoms with Gasteiger partial charge in [0.05, 0.1) is 12.2 Å². The Morgan fingerprint density at radius 1 is 1.30 bits per heavy atom. The molecule has 1 aromatic rings. The summed E-state index contributed by atoms with van der Waals surface area (Å²) in [5.41, 5.74) is 0.738. The molecule has 2 aliphatic rings. The predicted octanol–water partition coefficient (Wildman–Crippen LogP) is 1.40. The third-order valence-electron chi connectivity index (χ3n) is 4.80. The summed E-state index contributed by atoms with van der Waals surface area (Å²) >= 11 is 0. The Hall–Kier alpha value is -1.89. The molecule has 1 aromatic heterocycles. The van der Waals surface area contributed by atoms with Crippen molar-refractivity contribution in [2.24, 2.45) is 0 Å². The van der Waals surface area contributed by atoms with Crippen molar-refractivity contribution in [1.82, 2.24) is 15.0 Å². The monoisotopic (exact) mass is 320 g/mol. The first-order valence-electron chi connectivity index (χ1n) is 8.29. The van der Waals surface area contributed by atoms with Crippen LogP contribution in [-0.4, -0.2) is 58.5 Å². The highest BCUT2D eigenvalue weighted by Gasteiger charge is 2.39. The van der Waals surface area contributed by atoms with Gasteiger partial charge in [0.15, 0.2) is 0 Å². The van der Waals surface area contributed by atoms with Crippen molar-refractivity contribution >= 4 is 17.7 Å². The molecule has 0 bridgehead atoms. The molecule has 7 nitrogen and oxygen atoms in total. The van der Waals surface area contributed by atoms with Gasteiger partial charge in [0, 0.05) is 31.6 Å². The summed E-state index contributed by atoms with van der Waals surface area (Å²) in [6, 6.07) is 2.23. The maximum atomic E-state index is 12.2. The number of aryl methyl sites for hydroxylation is 1. The lowest BCUT2D eigenvalue weighted by Crippen LogP contribution is -2.49. The van der Waals surface area contributed by atoms with E-state index < -0.39 is 0 Å². The van der Waals surface area contributed by atoms with Gasteiger partial charge in [-0.1, -0.05) is 5.16 Å². The van der Waals surface area contributed by atoms with Gasteiger partial charge in [-0.25, -0.2) is 0 Å². The summed E-state index contributed by atoms with van der Waals surface area (Å²) in [6.07, 6.45) is 4.20. The second-order valence-electron chi connectivity index (χ2n) is 6.48. The van der Waals surface area contributed by atoms with E-state index in [0.717, 1.165) is 44.5 Å². The molecule has 0 radical (unpaired) electrons. The van der Waals surface area contributed by atoms with Crippen molar-refractivity contribution in [3.63, 3.8) is 0 Å². The molecule has 2 amide bonds. The quantitative estimate of drug-likeness (QED) is 0.907. The lowest BCUT2D eigenvalue weighted by atomic mass is 10.0. The van der Waals surface area contributed by atoms with E-state index >= 15 is 0 Å². The molecule has 7 heteroatoms. The molecule has 0 aromatic carbocycles. The van der Waals surface area contributed by atoms with Crippen molar-refractivity contribution in [1.29, 1.82) is 0 Å². The van der Waals surface area contributed by atoms with E-state index in [0.29, 0.717) is 12.4 Å². The van der Waals surface area contributed by atoms with Gasteiger partial charge in [0.2, 0.25) is 17.7 Å². The van der Waals surface area contributed by atoms with Crippen LogP contribution in [0, 0.1) is 6.92 Å². The van der Waals surface area contributed by atoms with Crippen molar-refractivity contribution in [2.75, 3.05) is 25.0 Å². The molecule has 23 heavy (non-hydrogen) atoms. The normalized spacial score (nSPS) is 25.0. The smallest absolute Gasteiger partial charge is 0.240 e. The highest BCUT2D eigenvalue weighted by Crippen LogP contribution is 2.29. The van der Waals surface area contributed by atoms with Gasteiger partial charge in [0.1, 0.15) is 0 Å². The minimum absolute atomic E-state index is 0.0968. The summed E-state index contributed by atoms with van der Waals surface area (Å²) in [5.74, 6) is 0.427. The van der Waals surface area contributed by atoms with Crippen molar-refractivity contribution in [2.45, 2.75) is 51.6 Å². The number of aromatic nitrogens is 1. The van der Waals surface area contributed by atoms with Crippen LogP contribution in [0.2, 0.25) is 0 Å². The molecule has 0 saturated carbocycles. The fraction of sp³-hybridized carbons (Fsp3) is 0.688. The number of likely N-dealkylation sites (tertiary alicyclic amines) is 2. The van der Waals surface area contributed by atoms with E-state index in [-0.39, 0.29) is 23.9 Å². The molecule has 2 saturated heterocycles. The third-order valence-corrected chi connectivity index (χ3v) is 4.80. The SMILES string of the molecule is CC(=O)N1CCCC1C1CCCN1CC(=O)Nc1cc(C)no1. The zero-order chi connectivity index (χ0) is 16.4. The Balaban J connectivity index is 1.60. The zero-order valence-electron chi connectivity index (χ0n) is 13.7. The van der Waals surface area contributed by atoms with Crippen LogP contribution in [0.5, 0.6) is 0 Å². The third kappa shape index (κ3) is 3.55. The number of amides is 2. The lowest BCUT2D eigenvalue weighted by molar-refractivity contribution is -0.130. The minimum Gasteiger partial charge on any atom is -0.338 e. The minimum atomic E-state index is -0.0968. The Labute approximate surface area is 136 Å². The number of rotatable bonds is 4. The van der Waals surface area contributed by atoms with Gasteiger partial charge >= 0.3 is 0 Å². The van der Waals surface area contributed by atoms with E-state index in [1.54, 1.807) is 13.0 Å². The van der Waals surface area contributed by atoms with Gasteiger partial charge in [-0.2, -0.15) is 0 Å². The average Bonchev–Trinajstić information content (AvgIpc) is 3.18. The molecule has 2 atom stereocenters. The summed E-state index contributed by atoms with van der Waals surface area (Å²) < 4.78 is 5.02. The first kappa shape index (κ1) is 16.0. The molecule has 3 rings (SSSR count). The zero-order valence-corrected chi connectivity index (χ0v) is 13.7. The maximum Gasteiger partial charge on any atom is 0.240 e. The molecule has 1 N–H and O–H groups in total. The van der Waals surface area contributed by atoms with Gasteiger partial charge in [-0.05, 0) is 39.2 Å². The van der Waals surface area contributed by atoms with Gasteiger partial charge in [0.25, 0.3) is 0 Å². The van der Waals surface area contributed by atoms with Gasteiger partial charge < -0.3 is 9.42 Å². The summed E-state index contributed by atoms with van der Waals surface area (Å²) in [6.45, 7) is 5.51. The van der Waals surface area contributed by atoms with Crippen LogP contribution in [0.1, 0.15) is 38.3 Å². The second-order valence-corrected chi connectivity index (χ2v) is 6.48. The number of hydrogen-bond donors (Lipinski definition) is 1. The highest BCUT2D eigenvalue weighted by atomic mass is 16.5. The van der Waals surface area contributed by atoms with Crippen LogP contribution in [0.4, 0.5) is 5.88 Å². The standard InChI is InChI=1S/C16H24N4O3/c1-11-9-16(23-18-11)17-15(22)10-19-7-3-5-13(19)14-6-4-8-20(14)12(2)21/h9,13-14H,3-8,10H2,1-2H3,(H,17,22). The van der Waals surface area contributed by atoms with Crippen LogP contribution in [0.3, 0.4) is 0 Å². The number of hydrogen-bond acceptors (Lipinski definition) is 5. The van der Waals surface area contributed by atoms with Crippen molar-refractivity contribution < 1.29 is 14.1 Å². The Kier molecular flexibility index (Phi) is 4.66. The van der Waals surface area contributed by atoms with E-state index in [4.69, 9.17) is 4.52 Å². The first-order chi connectivity index (χ1) is 11.0. The fourth-order valence-electron chi connectivity index (χ4n) is 3.85.